The number of piperazine rings is 1. The smallest absolute Gasteiger partial charge is 0.331 e. The van der Waals surface area contributed by atoms with Crippen LogP contribution in [0.4, 0.5) is 0 Å². The van der Waals surface area contributed by atoms with Gasteiger partial charge in [0.1, 0.15) is 5.75 Å². The molecule has 2 aromatic carbocycles. The lowest BCUT2D eigenvalue weighted by molar-refractivity contribution is -0.214. The Kier molecular flexibility index (Phi) is 6.53. The molecule has 0 bridgehead atoms. The van der Waals surface area contributed by atoms with Crippen LogP contribution in [0.1, 0.15) is 17.0 Å². The average molecular weight is 424 g/mol. The number of carbonyl (C=O) groups excluding carboxylic acids is 2. The molecule has 0 aromatic heterocycles. The summed E-state index contributed by atoms with van der Waals surface area (Å²) in [5, 5.41) is 1.74. The number of hydrogen-bond donors (Lipinski definition) is 0. The molecule has 2 aromatic rings. The van der Waals surface area contributed by atoms with Gasteiger partial charge in [0.15, 0.2) is 0 Å². The van der Waals surface area contributed by atoms with Crippen molar-refractivity contribution in [3.8, 4) is 5.75 Å². The van der Waals surface area contributed by atoms with Crippen LogP contribution >= 0.6 is 0 Å². The first-order valence-electron chi connectivity index (χ1n) is 10.5. The molecule has 1 heterocycles. The first-order valence-corrected chi connectivity index (χ1v) is 10.5. The molecule has 0 spiro atoms. The van der Waals surface area contributed by atoms with Gasteiger partial charge in [-0.3, -0.25) is 4.79 Å². The number of rotatable bonds is 8. The molecular weight excluding hydrogens is 396 g/mol. The maximum absolute atomic E-state index is 13.0. The molecule has 7 heteroatoms. The second-order valence-electron chi connectivity index (χ2n) is 8.02. The Morgan fingerprint density at radius 3 is 2.45 bits per heavy atom. The summed E-state index contributed by atoms with van der Waals surface area (Å²) < 4.78 is 10.8. The minimum Gasteiger partial charge on any atom is -0.497 e. The molecule has 164 valence electrons. The Morgan fingerprint density at radius 2 is 1.81 bits per heavy atom. The lowest BCUT2D eigenvalue weighted by atomic mass is 10.0. The van der Waals surface area contributed by atoms with Crippen LogP contribution < -0.4 is 4.74 Å². The van der Waals surface area contributed by atoms with Gasteiger partial charge in [-0.25, -0.2) is 4.79 Å². The van der Waals surface area contributed by atoms with E-state index in [2.05, 4.69) is 0 Å². The van der Waals surface area contributed by atoms with Crippen molar-refractivity contribution in [2.45, 2.75) is 24.5 Å². The summed E-state index contributed by atoms with van der Waals surface area (Å²) in [4.78, 5) is 32.0. The minimum absolute atomic E-state index is 0.0350. The number of carbonyl (C=O) groups is 2. The van der Waals surface area contributed by atoms with Gasteiger partial charge in [-0.1, -0.05) is 42.5 Å². The average Bonchev–Trinajstić information content (AvgIpc) is 3.55. The number of nitrogens with zero attached hydrogens (tertiary/aromatic N) is 2. The number of amides is 1. The van der Waals surface area contributed by atoms with Gasteiger partial charge in [0.2, 0.25) is 6.41 Å². The van der Waals surface area contributed by atoms with Crippen molar-refractivity contribution in [1.82, 2.24) is 9.96 Å². The maximum atomic E-state index is 13.0. The van der Waals surface area contributed by atoms with E-state index >= 15 is 0 Å². The Balaban J connectivity index is 1.44. The maximum Gasteiger partial charge on any atom is 0.331 e. The molecular formula is C24H28N2O5. The lowest BCUT2D eigenvalue weighted by Gasteiger charge is -2.38. The number of hydroxylamine groups is 2. The van der Waals surface area contributed by atoms with Gasteiger partial charge in [-0.05, 0) is 29.7 Å². The highest BCUT2D eigenvalue weighted by Crippen LogP contribution is 2.50. The van der Waals surface area contributed by atoms with Crippen LogP contribution in [-0.2, 0) is 25.6 Å². The second-order valence-corrected chi connectivity index (χ2v) is 8.02. The molecule has 1 aliphatic carbocycles. The quantitative estimate of drug-likeness (QED) is 0.606. The molecule has 4 unspecified atom stereocenters. The van der Waals surface area contributed by atoms with Crippen LogP contribution in [0, 0.1) is 5.92 Å². The molecule has 1 saturated carbocycles. The van der Waals surface area contributed by atoms with Gasteiger partial charge in [0.25, 0.3) is 0 Å². The first kappa shape index (κ1) is 21.3. The van der Waals surface area contributed by atoms with E-state index in [1.807, 2.05) is 54.6 Å². The van der Waals surface area contributed by atoms with E-state index in [0.717, 1.165) is 23.3 Å². The molecule has 0 radical (unpaired) electrons. The summed E-state index contributed by atoms with van der Waals surface area (Å²) in [5.41, 5.74) is 2.17. The lowest BCUT2D eigenvalue weighted by Crippen LogP contribution is -2.54. The Hall–Kier alpha value is -2.90. The fourth-order valence-electron chi connectivity index (χ4n) is 4.39. The van der Waals surface area contributed by atoms with Crippen molar-refractivity contribution in [2.75, 3.05) is 33.9 Å². The number of hydrogen-bond acceptors (Lipinski definition) is 6. The Morgan fingerprint density at radius 1 is 1.06 bits per heavy atom. The third-order valence-corrected chi connectivity index (χ3v) is 6.13. The van der Waals surface area contributed by atoms with E-state index in [0.29, 0.717) is 26.1 Å². The van der Waals surface area contributed by atoms with Crippen molar-refractivity contribution in [1.29, 1.82) is 0 Å². The number of ether oxygens (including phenoxy) is 2. The molecule has 31 heavy (non-hydrogen) atoms. The topological polar surface area (TPSA) is 68.3 Å². The highest BCUT2D eigenvalue weighted by molar-refractivity contribution is 5.79. The first-order chi connectivity index (χ1) is 15.1. The van der Waals surface area contributed by atoms with Crippen molar-refractivity contribution in [3.63, 3.8) is 0 Å². The predicted octanol–water partition coefficient (Wildman–Crippen LogP) is 2.27. The normalized spacial score (nSPS) is 25.7. The fraction of sp³-hybridized carbons (Fsp3) is 0.417. The van der Waals surface area contributed by atoms with Gasteiger partial charge in [-0.15, -0.1) is 5.06 Å². The largest absolute Gasteiger partial charge is 0.497 e. The molecule has 7 nitrogen and oxygen atoms in total. The van der Waals surface area contributed by atoms with Gasteiger partial charge < -0.3 is 19.2 Å². The van der Waals surface area contributed by atoms with E-state index in [-0.39, 0.29) is 30.0 Å². The van der Waals surface area contributed by atoms with E-state index in [1.165, 1.54) is 0 Å². The summed E-state index contributed by atoms with van der Waals surface area (Å²) in [6.45, 7) is 1.54. The highest BCUT2D eigenvalue weighted by Gasteiger charge is 2.58. The van der Waals surface area contributed by atoms with Crippen LogP contribution in [-0.4, -0.2) is 68.3 Å². The zero-order chi connectivity index (χ0) is 21.8. The van der Waals surface area contributed by atoms with Gasteiger partial charge in [0.05, 0.1) is 31.7 Å². The number of benzene rings is 2. The molecule has 1 amide bonds. The molecule has 2 fully saturated rings. The number of methoxy groups -OCH3 is 2. The van der Waals surface area contributed by atoms with Crippen molar-refractivity contribution < 1.29 is 23.9 Å². The summed E-state index contributed by atoms with van der Waals surface area (Å²) >= 11 is 0. The van der Waals surface area contributed by atoms with Gasteiger partial charge >= 0.3 is 5.97 Å². The van der Waals surface area contributed by atoms with Crippen LogP contribution in [0.15, 0.2) is 54.6 Å². The Labute approximate surface area is 182 Å². The van der Waals surface area contributed by atoms with Gasteiger partial charge in [0, 0.05) is 26.1 Å². The van der Waals surface area contributed by atoms with Crippen LogP contribution in [0.5, 0.6) is 5.75 Å². The van der Waals surface area contributed by atoms with Crippen molar-refractivity contribution in [2.24, 2.45) is 5.92 Å². The van der Waals surface area contributed by atoms with Crippen molar-refractivity contribution in [3.05, 3.63) is 65.7 Å². The predicted molar refractivity (Wildman–Crippen MR) is 114 cm³/mol. The summed E-state index contributed by atoms with van der Waals surface area (Å²) in [7, 11) is 3.25. The standard InChI is InChI=1S/C24H28N2O5/c1-29-20-10-8-18(9-11-20)21-22(23(21)30-2)24(28)31-26-13-12-25(16-27)15-19(26)14-17-6-4-3-5-7-17/h3-11,16,19,21-23H,12-15H2,1-2H3. The fourth-order valence-corrected chi connectivity index (χ4v) is 4.39. The van der Waals surface area contributed by atoms with E-state index in [9.17, 15) is 9.59 Å². The van der Waals surface area contributed by atoms with Crippen LogP contribution in [0.2, 0.25) is 0 Å². The molecule has 4 atom stereocenters. The summed E-state index contributed by atoms with van der Waals surface area (Å²) in [6, 6.07) is 17.6. The monoisotopic (exact) mass is 424 g/mol. The van der Waals surface area contributed by atoms with Crippen molar-refractivity contribution >= 4 is 12.4 Å². The molecule has 0 N–H and O–H groups in total. The minimum atomic E-state index is -0.347. The third-order valence-electron chi connectivity index (χ3n) is 6.13. The third kappa shape index (κ3) is 4.73. The Bertz CT molecular complexity index is 889. The molecule has 4 rings (SSSR count). The summed E-state index contributed by atoms with van der Waals surface area (Å²) in [5.74, 6) is 0.103. The van der Waals surface area contributed by atoms with Crippen LogP contribution in [0.3, 0.4) is 0 Å². The zero-order valence-electron chi connectivity index (χ0n) is 17.8. The highest BCUT2D eigenvalue weighted by atomic mass is 16.7. The van der Waals surface area contributed by atoms with E-state index < -0.39 is 0 Å². The van der Waals surface area contributed by atoms with E-state index in [1.54, 1.807) is 24.2 Å². The summed E-state index contributed by atoms with van der Waals surface area (Å²) in [6.07, 6.45) is 1.35. The van der Waals surface area contributed by atoms with Crippen LogP contribution in [0.25, 0.3) is 0 Å². The second kappa shape index (κ2) is 9.49. The molecule has 2 aliphatic rings. The SMILES string of the molecule is COc1ccc(C2C(OC)C2C(=O)ON2CCN(C=O)CC2Cc2ccccc2)cc1. The van der Waals surface area contributed by atoms with Gasteiger partial charge in [-0.2, -0.15) is 0 Å². The molecule has 1 saturated heterocycles. The van der Waals surface area contributed by atoms with E-state index in [4.69, 9.17) is 14.3 Å². The molecule has 1 aliphatic heterocycles. The zero-order valence-corrected chi connectivity index (χ0v) is 17.8.